The molecule has 0 aromatic heterocycles. The summed E-state index contributed by atoms with van der Waals surface area (Å²) < 4.78 is 101. The number of carbonyl (C=O) groups is 3. The lowest BCUT2D eigenvalue weighted by Crippen LogP contribution is -2.63. The van der Waals surface area contributed by atoms with Gasteiger partial charge in [-0.05, 0) is 91.2 Å². The minimum absolute atomic E-state index is 0.0329. The van der Waals surface area contributed by atoms with E-state index in [0.717, 1.165) is 13.2 Å². The molecule has 2 aromatic carbocycles. The van der Waals surface area contributed by atoms with Crippen LogP contribution in [-0.4, -0.2) is 56.2 Å². The Hall–Kier alpha value is -3.39. The van der Waals surface area contributed by atoms with Crippen molar-refractivity contribution in [1.82, 2.24) is 0 Å². The van der Waals surface area contributed by atoms with Crippen LogP contribution < -0.4 is 14.4 Å². The van der Waals surface area contributed by atoms with Gasteiger partial charge < -0.3 is 18.9 Å². The molecule has 16 heteroatoms. The molecule has 1 fully saturated rings. The van der Waals surface area contributed by atoms with Crippen LogP contribution in [0.5, 0.6) is 11.5 Å². The predicted octanol–water partition coefficient (Wildman–Crippen LogP) is 7.35. The van der Waals surface area contributed by atoms with Gasteiger partial charge in [-0.2, -0.15) is 26.3 Å². The van der Waals surface area contributed by atoms with E-state index in [9.17, 15) is 40.7 Å². The van der Waals surface area contributed by atoms with Crippen LogP contribution in [0.2, 0.25) is 10.0 Å². The van der Waals surface area contributed by atoms with Gasteiger partial charge in [-0.15, -0.1) is 0 Å². The number of alkyl halides is 6. The Bertz CT molecular complexity index is 1570. The fraction of sp³-hybridized carbons (Fsp3) is 0.516. The third-order valence-corrected chi connectivity index (χ3v) is 10.0. The van der Waals surface area contributed by atoms with E-state index in [1.807, 2.05) is 0 Å². The molecule has 1 saturated carbocycles. The largest absolute Gasteiger partial charge is 0.490 e. The first-order valence-electron chi connectivity index (χ1n) is 14.6. The maximum absolute atomic E-state index is 14.1. The van der Waals surface area contributed by atoms with Gasteiger partial charge in [0.1, 0.15) is 5.54 Å². The molecule has 1 amide bonds. The zero-order chi connectivity index (χ0) is 34.5. The molecule has 5 rings (SSSR count). The van der Waals surface area contributed by atoms with Crippen LogP contribution in [0, 0.1) is 11.8 Å². The molecule has 1 aliphatic heterocycles. The summed E-state index contributed by atoms with van der Waals surface area (Å²) in [5, 5.41) is 0.302. The minimum atomic E-state index is -5.37. The Balaban J connectivity index is 1.55. The molecule has 0 saturated heterocycles. The smallest absolute Gasteiger partial charge is 0.467 e. The van der Waals surface area contributed by atoms with Crippen molar-refractivity contribution in [2.24, 2.45) is 11.8 Å². The molecular formula is C31H29Cl2F6NO7. The van der Waals surface area contributed by atoms with Crippen molar-refractivity contribution in [2.75, 3.05) is 25.4 Å². The average molecular weight is 712 g/mol. The number of nitrogens with zero attached hydrogens (tertiary/aromatic N) is 1. The van der Waals surface area contributed by atoms with Gasteiger partial charge in [0.25, 0.3) is 0 Å². The number of ether oxygens (including phenoxy) is 4. The zero-order valence-electron chi connectivity index (χ0n) is 25.0. The summed E-state index contributed by atoms with van der Waals surface area (Å²) in [7, 11) is 1.01. The predicted molar refractivity (Wildman–Crippen MR) is 155 cm³/mol. The van der Waals surface area contributed by atoms with Crippen molar-refractivity contribution < 1.29 is 59.7 Å². The monoisotopic (exact) mass is 711 g/mol. The van der Waals surface area contributed by atoms with Crippen LogP contribution in [0.4, 0.5) is 32.0 Å². The van der Waals surface area contributed by atoms with E-state index in [1.165, 1.54) is 18.2 Å². The minimum Gasteiger partial charge on any atom is -0.467 e. The number of hydrogen-bond acceptors (Lipinski definition) is 7. The van der Waals surface area contributed by atoms with Crippen LogP contribution >= 0.6 is 23.2 Å². The first-order chi connectivity index (χ1) is 21.9. The summed E-state index contributed by atoms with van der Waals surface area (Å²) in [6, 6.07) is 6.88. The molecule has 1 heterocycles. The van der Waals surface area contributed by atoms with Crippen molar-refractivity contribution >= 4 is 46.7 Å². The SMILES string of the molecule is COC(=O)C1(N(C(=O)C(F)(F)F)c2cccc(Cl)c2)CCC2(CC1)c1cc3c(c(Cl)c1C[C@@H]2C[C@@H](C)COC(=O)C(F)(F)F)OCO3. The highest BCUT2D eigenvalue weighted by atomic mass is 35.5. The highest BCUT2D eigenvalue weighted by molar-refractivity contribution is 6.33. The number of anilines is 1. The number of halogens is 8. The summed E-state index contributed by atoms with van der Waals surface area (Å²) >= 11 is 12.9. The molecule has 0 unspecified atom stereocenters. The number of fused-ring (bicyclic) bond motifs is 3. The summed E-state index contributed by atoms with van der Waals surface area (Å²) in [5.41, 5.74) is -1.86. The second kappa shape index (κ2) is 12.6. The molecule has 3 aliphatic rings. The van der Waals surface area contributed by atoms with E-state index >= 15 is 0 Å². The molecule has 2 aliphatic carbocycles. The van der Waals surface area contributed by atoms with E-state index < -0.39 is 53.7 Å². The lowest BCUT2D eigenvalue weighted by atomic mass is 9.59. The molecule has 2 aromatic rings. The molecule has 256 valence electrons. The van der Waals surface area contributed by atoms with Gasteiger partial charge in [0.05, 0.1) is 18.7 Å². The van der Waals surface area contributed by atoms with Crippen molar-refractivity contribution in [1.29, 1.82) is 0 Å². The van der Waals surface area contributed by atoms with Crippen LogP contribution in [0.25, 0.3) is 0 Å². The van der Waals surface area contributed by atoms with Crippen LogP contribution in [0.15, 0.2) is 30.3 Å². The van der Waals surface area contributed by atoms with Crippen LogP contribution in [0.3, 0.4) is 0 Å². The molecule has 1 spiro atoms. The first-order valence-corrected chi connectivity index (χ1v) is 15.3. The van der Waals surface area contributed by atoms with Crippen molar-refractivity contribution in [3.05, 3.63) is 51.5 Å². The van der Waals surface area contributed by atoms with Gasteiger partial charge in [0.2, 0.25) is 6.79 Å². The first kappa shape index (κ1) is 34.9. The second-order valence-corrected chi connectivity index (χ2v) is 12.9. The van der Waals surface area contributed by atoms with Gasteiger partial charge >= 0.3 is 30.2 Å². The fourth-order valence-electron chi connectivity index (χ4n) is 7.31. The van der Waals surface area contributed by atoms with E-state index in [0.29, 0.717) is 33.9 Å². The average Bonchev–Trinajstić information content (AvgIpc) is 3.59. The molecule has 2 atom stereocenters. The van der Waals surface area contributed by atoms with E-state index in [1.54, 1.807) is 13.0 Å². The number of esters is 2. The highest BCUT2D eigenvalue weighted by Crippen LogP contribution is 2.61. The third kappa shape index (κ3) is 6.30. The topological polar surface area (TPSA) is 91.4 Å². The Kier molecular flexibility index (Phi) is 9.34. The Labute approximate surface area is 275 Å². The summed E-state index contributed by atoms with van der Waals surface area (Å²) in [6.07, 6.45) is -10.5. The number of methoxy groups -OCH3 is 1. The normalized spacial score (nSPS) is 24.1. The van der Waals surface area contributed by atoms with E-state index in [4.69, 9.17) is 37.4 Å². The lowest BCUT2D eigenvalue weighted by molar-refractivity contribution is -0.200. The van der Waals surface area contributed by atoms with E-state index in [-0.39, 0.29) is 60.5 Å². The van der Waals surface area contributed by atoms with Gasteiger partial charge in [0, 0.05) is 10.7 Å². The van der Waals surface area contributed by atoms with E-state index in [2.05, 4.69) is 4.74 Å². The quantitative estimate of drug-likeness (QED) is 0.219. The summed E-state index contributed by atoms with van der Waals surface area (Å²) in [6.45, 7) is 0.987. The highest BCUT2D eigenvalue weighted by Gasteiger charge is 2.61. The van der Waals surface area contributed by atoms with Gasteiger partial charge in [-0.3, -0.25) is 9.69 Å². The molecular weight excluding hydrogens is 683 g/mol. The summed E-state index contributed by atoms with van der Waals surface area (Å²) in [4.78, 5) is 38.4. The number of benzene rings is 2. The molecule has 47 heavy (non-hydrogen) atoms. The van der Waals surface area contributed by atoms with Crippen molar-refractivity contribution in [3.8, 4) is 11.5 Å². The second-order valence-electron chi connectivity index (χ2n) is 12.1. The standard InChI is InChI=1S/C31H29Cl2F6NO7/c1-16(14-45-27(43)31(37,38)39)10-17-11-20-21(13-22-24(23(20)33)47-15-46-22)28(17)6-8-29(9-7-28,26(42)44-2)40(25(41)30(34,35)36)19-5-3-4-18(32)12-19/h3-5,12-13,16-17H,6-11,14-15H2,1-2H3/t16-,17+,28?,29?/m1/s1. The Morgan fingerprint density at radius 3 is 2.30 bits per heavy atom. The lowest BCUT2D eigenvalue weighted by Gasteiger charge is -2.51. The number of rotatable bonds is 7. The fourth-order valence-corrected chi connectivity index (χ4v) is 7.82. The number of carbonyl (C=O) groups excluding carboxylic acids is 3. The maximum atomic E-state index is 14.1. The molecule has 8 nitrogen and oxygen atoms in total. The maximum Gasteiger partial charge on any atom is 0.490 e. The Morgan fingerprint density at radius 2 is 1.70 bits per heavy atom. The summed E-state index contributed by atoms with van der Waals surface area (Å²) in [5.74, 6) is -5.94. The van der Waals surface area contributed by atoms with Crippen LogP contribution in [0.1, 0.15) is 50.2 Å². The Morgan fingerprint density at radius 1 is 1.02 bits per heavy atom. The molecule has 0 bridgehead atoms. The molecule has 0 radical (unpaired) electrons. The van der Waals surface area contributed by atoms with Crippen LogP contribution in [-0.2, 0) is 35.7 Å². The third-order valence-electron chi connectivity index (χ3n) is 9.37. The molecule has 0 N–H and O–H groups in total. The number of amides is 1. The van der Waals surface area contributed by atoms with Gasteiger partial charge in [-0.1, -0.05) is 36.2 Å². The van der Waals surface area contributed by atoms with Crippen molar-refractivity contribution in [2.45, 2.75) is 68.8 Å². The van der Waals surface area contributed by atoms with Gasteiger partial charge in [0.15, 0.2) is 11.5 Å². The number of hydrogen-bond donors (Lipinski definition) is 0. The van der Waals surface area contributed by atoms with Crippen molar-refractivity contribution in [3.63, 3.8) is 0 Å². The zero-order valence-corrected chi connectivity index (χ0v) is 26.5. The van der Waals surface area contributed by atoms with Gasteiger partial charge in [-0.25, -0.2) is 9.59 Å².